The maximum atomic E-state index is 12.4. The van der Waals surface area contributed by atoms with E-state index < -0.39 is 0 Å². The van der Waals surface area contributed by atoms with Gasteiger partial charge in [0.15, 0.2) is 11.7 Å². The summed E-state index contributed by atoms with van der Waals surface area (Å²) in [5.41, 5.74) is 2.08. The Morgan fingerprint density at radius 2 is 2.04 bits per heavy atom. The fourth-order valence-corrected chi connectivity index (χ4v) is 2.91. The van der Waals surface area contributed by atoms with Crippen molar-refractivity contribution in [3.8, 4) is 5.88 Å². The molecule has 1 aliphatic rings. The smallest absolute Gasteiger partial charge is 0.194 e. The van der Waals surface area contributed by atoms with Crippen LogP contribution in [0.5, 0.6) is 5.88 Å². The van der Waals surface area contributed by atoms with E-state index in [1.54, 1.807) is 18.5 Å². The number of carbonyl (C=O) groups excluding carboxylic acids is 1. The summed E-state index contributed by atoms with van der Waals surface area (Å²) >= 11 is 0. The molecule has 0 amide bonds. The number of ketones is 1. The van der Waals surface area contributed by atoms with Crippen LogP contribution in [0.2, 0.25) is 0 Å². The molecule has 1 unspecified atom stereocenters. The zero-order valence-corrected chi connectivity index (χ0v) is 12.6. The largest absolute Gasteiger partial charge is 0.478 e. The summed E-state index contributed by atoms with van der Waals surface area (Å²) in [6, 6.07) is 13.9. The average molecular weight is 304 g/mol. The molecule has 0 N–H and O–H groups in total. The Bertz CT molecular complexity index is 881. The van der Waals surface area contributed by atoms with Crippen molar-refractivity contribution in [2.75, 3.05) is 6.61 Å². The van der Waals surface area contributed by atoms with E-state index in [0.29, 0.717) is 13.2 Å². The molecule has 0 aliphatic carbocycles. The number of hydrogen-bond donors (Lipinski definition) is 0. The second kappa shape index (κ2) is 5.72. The molecular formula is C19H16N2O2. The molecule has 0 fully saturated rings. The van der Waals surface area contributed by atoms with Crippen molar-refractivity contribution in [1.82, 2.24) is 9.55 Å². The number of para-hydroxylation sites is 1. The molecule has 114 valence electrons. The van der Waals surface area contributed by atoms with E-state index in [4.69, 9.17) is 4.74 Å². The molecule has 1 aliphatic heterocycles. The fourth-order valence-electron chi connectivity index (χ4n) is 2.91. The van der Waals surface area contributed by atoms with Crippen molar-refractivity contribution in [2.45, 2.75) is 6.54 Å². The normalized spacial score (nSPS) is 17.1. The number of hydrogen-bond acceptors (Lipinski definition) is 3. The van der Waals surface area contributed by atoms with E-state index in [0.717, 1.165) is 22.3 Å². The van der Waals surface area contributed by atoms with Crippen molar-refractivity contribution in [1.29, 1.82) is 0 Å². The van der Waals surface area contributed by atoms with E-state index in [-0.39, 0.29) is 11.7 Å². The predicted molar refractivity (Wildman–Crippen MR) is 89.2 cm³/mol. The molecule has 0 saturated heterocycles. The van der Waals surface area contributed by atoms with E-state index in [2.05, 4.69) is 21.7 Å². The number of allylic oxidation sites excluding steroid dienone is 1. The Morgan fingerprint density at radius 1 is 1.22 bits per heavy atom. The first-order valence-corrected chi connectivity index (χ1v) is 7.64. The van der Waals surface area contributed by atoms with E-state index in [1.807, 2.05) is 36.4 Å². The zero-order valence-electron chi connectivity index (χ0n) is 12.6. The van der Waals surface area contributed by atoms with Crippen LogP contribution in [0.15, 0.2) is 60.9 Å². The lowest BCUT2D eigenvalue weighted by Crippen LogP contribution is -2.30. The highest BCUT2D eigenvalue weighted by atomic mass is 16.5. The molecule has 4 nitrogen and oxygen atoms in total. The third kappa shape index (κ3) is 2.63. The van der Waals surface area contributed by atoms with E-state index >= 15 is 0 Å². The fraction of sp³-hybridized carbons (Fsp3) is 0.158. The molecule has 1 aromatic carbocycles. The highest BCUT2D eigenvalue weighted by molar-refractivity contribution is 5.95. The molecule has 0 bridgehead atoms. The first-order valence-electron chi connectivity index (χ1n) is 7.64. The second-order valence-corrected chi connectivity index (χ2v) is 5.68. The van der Waals surface area contributed by atoms with E-state index in [9.17, 15) is 4.79 Å². The van der Waals surface area contributed by atoms with Crippen LogP contribution >= 0.6 is 0 Å². The first-order chi connectivity index (χ1) is 11.3. The Kier molecular flexibility index (Phi) is 3.42. The van der Waals surface area contributed by atoms with Crippen molar-refractivity contribution >= 4 is 22.8 Å². The molecule has 4 heteroatoms. The Hall–Kier alpha value is -2.88. The monoisotopic (exact) mass is 304 g/mol. The highest BCUT2D eigenvalue weighted by Gasteiger charge is 2.25. The zero-order chi connectivity index (χ0) is 15.6. The summed E-state index contributed by atoms with van der Waals surface area (Å²) in [5, 5.41) is 1.14. The SMILES string of the molecule is O=C(C=Cc1ccncc1)C1COc2cc3ccccc3n2C1. The van der Waals surface area contributed by atoms with Gasteiger partial charge in [-0.05, 0) is 29.8 Å². The molecule has 0 spiro atoms. The van der Waals surface area contributed by atoms with Gasteiger partial charge < -0.3 is 9.30 Å². The quantitative estimate of drug-likeness (QED) is 0.697. The van der Waals surface area contributed by atoms with Crippen molar-refractivity contribution in [3.05, 3.63) is 66.5 Å². The molecule has 3 aromatic rings. The minimum atomic E-state index is -0.156. The van der Waals surface area contributed by atoms with Gasteiger partial charge in [0.25, 0.3) is 0 Å². The lowest BCUT2D eigenvalue weighted by Gasteiger charge is -2.24. The third-order valence-corrected chi connectivity index (χ3v) is 4.16. The number of fused-ring (bicyclic) bond motifs is 3. The van der Waals surface area contributed by atoms with Gasteiger partial charge in [-0.2, -0.15) is 0 Å². The van der Waals surface area contributed by atoms with Gasteiger partial charge >= 0.3 is 0 Å². The van der Waals surface area contributed by atoms with Crippen LogP contribution in [0.1, 0.15) is 5.56 Å². The topological polar surface area (TPSA) is 44.1 Å². The summed E-state index contributed by atoms with van der Waals surface area (Å²) in [4.78, 5) is 16.4. The summed E-state index contributed by atoms with van der Waals surface area (Å²) < 4.78 is 7.88. The van der Waals surface area contributed by atoms with Crippen LogP contribution in [0, 0.1) is 5.92 Å². The molecule has 1 atom stereocenters. The van der Waals surface area contributed by atoms with Crippen LogP contribution in [0.4, 0.5) is 0 Å². The molecule has 23 heavy (non-hydrogen) atoms. The number of ether oxygens (including phenoxy) is 1. The number of carbonyl (C=O) groups is 1. The molecule has 2 aromatic heterocycles. The van der Waals surface area contributed by atoms with Crippen molar-refractivity contribution < 1.29 is 9.53 Å². The van der Waals surface area contributed by atoms with Crippen molar-refractivity contribution in [3.63, 3.8) is 0 Å². The molecule has 4 rings (SSSR count). The van der Waals surface area contributed by atoms with Gasteiger partial charge in [0.2, 0.25) is 0 Å². The maximum absolute atomic E-state index is 12.4. The summed E-state index contributed by atoms with van der Waals surface area (Å²) in [7, 11) is 0. The Morgan fingerprint density at radius 3 is 2.91 bits per heavy atom. The standard InChI is InChI=1S/C19H16N2O2/c22-18(6-5-14-7-9-20-10-8-14)16-12-21-17-4-2-1-3-15(17)11-19(21)23-13-16/h1-11,16H,12-13H2. The van der Waals surface area contributed by atoms with Gasteiger partial charge in [0.05, 0.1) is 11.4 Å². The predicted octanol–water partition coefficient (Wildman–Crippen LogP) is 3.33. The van der Waals surface area contributed by atoms with Gasteiger partial charge in [-0.3, -0.25) is 9.78 Å². The summed E-state index contributed by atoms with van der Waals surface area (Å²) in [5.74, 6) is 0.773. The van der Waals surface area contributed by atoms with Crippen LogP contribution in [-0.2, 0) is 11.3 Å². The van der Waals surface area contributed by atoms with Gasteiger partial charge in [-0.25, -0.2) is 0 Å². The van der Waals surface area contributed by atoms with Gasteiger partial charge in [0, 0.05) is 30.4 Å². The average Bonchev–Trinajstić information content (AvgIpc) is 2.98. The van der Waals surface area contributed by atoms with Gasteiger partial charge in [0.1, 0.15) is 6.61 Å². The first kappa shape index (κ1) is 13.8. The number of aromatic nitrogens is 2. The molecule has 0 saturated carbocycles. The number of rotatable bonds is 3. The van der Waals surface area contributed by atoms with Crippen LogP contribution in [-0.4, -0.2) is 21.9 Å². The van der Waals surface area contributed by atoms with Gasteiger partial charge in [-0.1, -0.05) is 24.3 Å². The number of nitrogens with zero attached hydrogens (tertiary/aromatic N) is 2. The Labute approximate surface area is 134 Å². The second-order valence-electron chi connectivity index (χ2n) is 5.68. The lowest BCUT2D eigenvalue weighted by molar-refractivity contribution is -0.120. The minimum absolute atomic E-state index is 0.0882. The van der Waals surface area contributed by atoms with Gasteiger partial charge in [-0.15, -0.1) is 0 Å². The lowest BCUT2D eigenvalue weighted by atomic mass is 10.0. The van der Waals surface area contributed by atoms with Crippen molar-refractivity contribution in [2.24, 2.45) is 5.92 Å². The van der Waals surface area contributed by atoms with Crippen LogP contribution in [0.3, 0.4) is 0 Å². The maximum Gasteiger partial charge on any atom is 0.194 e. The van der Waals surface area contributed by atoms with E-state index in [1.165, 1.54) is 0 Å². The van der Waals surface area contributed by atoms with Crippen LogP contribution in [0.25, 0.3) is 17.0 Å². The minimum Gasteiger partial charge on any atom is -0.478 e. The molecular weight excluding hydrogens is 288 g/mol. The number of benzene rings is 1. The highest BCUT2D eigenvalue weighted by Crippen LogP contribution is 2.30. The molecule has 0 radical (unpaired) electrons. The number of pyridine rings is 1. The Balaban J connectivity index is 1.55. The summed E-state index contributed by atoms with van der Waals surface area (Å²) in [6.07, 6.45) is 6.89. The van der Waals surface area contributed by atoms with Crippen LogP contribution < -0.4 is 4.74 Å². The summed E-state index contributed by atoms with van der Waals surface area (Å²) in [6.45, 7) is 1.08. The third-order valence-electron chi connectivity index (χ3n) is 4.16. The molecule has 3 heterocycles.